The zero-order chi connectivity index (χ0) is 13.1. The molecule has 1 amide bonds. The van der Waals surface area contributed by atoms with Crippen molar-refractivity contribution in [3.05, 3.63) is 11.9 Å². The molecule has 1 aromatic heterocycles. The summed E-state index contributed by atoms with van der Waals surface area (Å²) >= 11 is 0. The lowest BCUT2D eigenvalue weighted by atomic mass is 10.1. The number of carbonyl (C=O) groups is 1. The number of nitrogens with zero attached hydrogens (tertiary/aromatic N) is 2. The van der Waals surface area contributed by atoms with Crippen LogP contribution in [0.4, 0.5) is 5.69 Å². The third-order valence-electron chi connectivity index (χ3n) is 3.53. The highest BCUT2D eigenvalue weighted by Gasteiger charge is 2.26. The molecule has 1 heterocycles. The SMILES string of the molecule is CCn1ncc(N)c1C(=O)NCC1CCCC1O. The number of nitrogen functional groups attached to an aromatic ring is 1. The van der Waals surface area contributed by atoms with Crippen LogP contribution in [0.3, 0.4) is 0 Å². The summed E-state index contributed by atoms with van der Waals surface area (Å²) in [5.74, 6) is -0.0564. The van der Waals surface area contributed by atoms with Crippen LogP contribution >= 0.6 is 0 Å². The van der Waals surface area contributed by atoms with Gasteiger partial charge in [0.15, 0.2) is 0 Å². The second-order valence-electron chi connectivity index (χ2n) is 4.73. The van der Waals surface area contributed by atoms with Gasteiger partial charge in [0, 0.05) is 19.0 Å². The molecule has 0 aliphatic heterocycles. The van der Waals surface area contributed by atoms with E-state index in [0.717, 1.165) is 19.3 Å². The first-order valence-electron chi connectivity index (χ1n) is 6.41. The summed E-state index contributed by atoms with van der Waals surface area (Å²) in [5, 5.41) is 16.6. The number of aryl methyl sites for hydroxylation is 1. The van der Waals surface area contributed by atoms with Crippen LogP contribution in [0.25, 0.3) is 0 Å². The predicted octanol–water partition coefficient (Wildman–Crippen LogP) is 0.376. The number of amides is 1. The molecule has 2 atom stereocenters. The standard InChI is InChI=1S/C12H20N4O2/c1-2-16-11(9(13)7-15-16)12(18)14-6-8-4-3-5-10(8)17/h7-8,10,17H,2-6,13H2,1H3,(H,14,18). The molecule has 6 heteroatoms. The zero-order valence-corrected chi connectivity index (χ0v) is 10.6. The van der Waals surface area contributed by atoms with Gasteiger partial charge in [-0.3, -0.25) is 9.48 Å². The van der Waals surface area contributed by atoms with E-state index in [1.807, 2.05) is 6.92 Å². The summed E-state index contributed by atoms with van der Waals surface area (Å²) in [6.07, 6.45) is 4.01. The molecule has 0 bridgehead atoms. The molecule has 100 valence electrons. The summed E-state index contributed by atoms with van der Waals surface area (Å²) in [7, 11) is 0. The lowest BCUT2D eigenvalue weighted by molar-refractivity contribution is 0.0907. The average Bonchev–Trinajstić information content (AvgIpc) is 2.92. The molecule has 18 heavy (non-hydrogen) atoms. The van der Waals surface area contributed by atoms with E-state index in [4.69, 9.17) is 5.73 Å². The van der Waals surface area contributed by atoms with E-state index in [-0.39, 0.29) is 17.9 Å². The van der Waals surface area contributed by atoms with Crippen LogP contribution in [-0.4, -0.2) is 33.4 Å². The molecule has 2 unspecified atom stereocenters. The van der Waals surface area contributed by atoms with Crippen LogP contribution in [-0.2, 0) is 6.54 Å². The Labute approximate surface area is 106 Å². The summed E-state index contributed by atoms with van der Waals surface area (Å²) < 4.78 is 1.58. The van der Waals surface area contributed by atoms with E-state index in [9.17, 15) is 9.90 Å². The number of anilines is 1. The molecule has 1 fully saturated rings. The van der Waals surface area contributed by atoms with Crippen molar-refractivity contribution in [3.63, 3.8) is 0 Å². The van der Waals surface area contributed by atoms with Gasteiger partial charge in [-0.2, -0.15) is 5.10 Å². The van der Waals surface area contributed by atoms with Gasteiger partial charge in [-0.15, -0.1) is 0 Å². The second kappa shape index (κ2) is 5.39. The number of hydrogen-bond donors (Lipinski definition) is 3. The molecular weight excluding hydrogens is 232 g/mol. The van der Waals surface area contributed by atoms with Gasteiger partial charge in [-0.25, -0.2) is 0 Å². The van der Waals surface area contributed by atoms with Crippen molar-refractivity contribution in [3.8, 4) is 0 Å². The highest BCUT2D eigenvalue weighted by molar-refractivity contribution is 5.97. The Bertz CT molecular complexity index is 430. The number of aliphatic hydroxyl groups excluding tert-OH is 1. The number of aliphatic hydroxyl groups is 1. The summed E-state index contributed by atoms with van der Waals surface area (Å²) in [6, 6.07) is 0. The molecular formula is C12H20N4O2. The number of nitrogens with one attached hydrogen (secondary N) is 1. The molecule has 1 aliphatic rings. The summed E-state index contributed by atoms with van der Waals surface area (Å²) in [5.41, 5.74) is 6.53. The monoisotopic (exact) mass is 252 g/mol. The van der Waals surface area contributed by atoms with Crippen molar-refractivity contribution < 1.29 is 9.90 Å². The predicted molar refractivity (Wildman–Crippen MR) is 68.0 cm³/mol. The van der Waals surface area contributed by atoms with Gasteiger partial charge in [0.05, 0.1) is 18.0 Å². The molecule has 2 rings (SSSR count). The van der Waals surface area contributed by atoms with Gasteiger partial charge >= 0.3 is 0 Å². The smallest absolute Gasteiger partial charge is 0.271 e. The number of hydrogen-bond acceptors (Lipinski definition) is 4. The molecule has 4 N–H and O–H groups in total. The van der Waals surface area contributed by atoms with Crippen molar-refractivity contribution in [2.24, 2.45) is 5.92 Å². The number of rotatable bonds is 4. The van der Waals surface area contributed by atoms with Gasteiger partial charge in [0.25, 0.3) is 5.91 Å². The summed E-state index contributed by atoms with van der Waals surface area (Å²) in [6.45, 7) is 3.00. The van der Waals surface area contributed by atoms with E-state index >= 15 is 0 Å². The largest absolute Gasteiger partial charge is 0.396 e. The molecule has 0 aromatic carbocycles. The summed E-state index contributed by atoms with van der Waals surface area (Å²) in [4.78, 5) is 12.0. The van der Waals surface area contributed by atoms with Crippen LogP contribution in [0.1, 0.15) is 36.7 Å². The first kappa shape index (κ1) is 12.9. The quantitative estimate of drug-likeness (QED) is 0.722. The lowest BCUT2D eigenvalue weighted by Crippen LogP contribution is -2.34. The zero-order valence-electron chi connectivity index (χ0n) is 10.6. The Morgan fingerprint density at radius 1 is 1.67 bits per heavy atom. The third kappa shape index (κ3) is 2.48. The maximum absolute atomic E-state index is 12.0. The minimum atomic E-state index is -0.293. The molecule has 1 aromatic rings. The van der Waals surface area contributed by atoms with Gasteiger partial charge < -0.3 is 16.2 Å². The topological polar surface area (TPSA) is 93.2 Å². The number of aromatic nitrogens is 2. The Hall–Kier alpha value is -1.56. The van der Waals surface area contributed by atoms with Gasteiger partial charge in [-0.05, 0) is 19.8 Å². The molecule has 1 saturated carbocycles. The van der Waals surface area contributed by atoms with Crippen LogP contribution in [0.15, 0.2) is 6.20 Å². The first-order valence-corrected chi connectivity index (χ1v) is 6.41. The van der Waals surface area contributed by atoms with Crippen molar-refractivity contribution in [1.29, 1.82) is 0 Å². The number of carbonyl (C=O) groups excluding carboxylic acids is 1. The third-order valence-corrected chi connectivity index (χ3v) is 3.53. The fourth-order valence-corrected chi connectivity index (χ4v) is 2.45. The lowest BCUT2D eigenvalue weighted by Gasteiger charge is -2.15. The van der Waals surface area contributed by atoms with Gasteiger partial charge in [-0.1, -0.05) is 6.42 Å². The Balaban J connectivity index is 1.97. The molecule has 0 saturated heterocycles. The van der Waals surface area contributed by atoms with Crippen molar-refractivity contribution in [2.75, 3.05) is 12.3 Å². The molecule has 0 radical (unpaired) electrons. The average molecular weight is 252 g/mol. The first-order chi connectivity index (χ1) is 8.63. The Morgan fingerprint density at radius 2 is 2.44 bits per heavy atom. The number of nitrogens with two attached hydrogens (primary N) is 1. The van der Waals surface area contributed by atoms with Crippen LogP contribution in [0.2, 0.25) is 0 Å². The molecule has 1 aliphatic carbocycles. The Kier molecular flexibility index (Phi) is 3.86. The van der Waals surface area contributed by atoms with E-state index in [1.54, 1.807) is 4.68 Å². The van der Waals surface area contributed by atoms with Crippen molar-refractivity contribution >= 4 is 11.6 Å². The fraction of sp³-hybridized carbons (Fsp3) is 0.667. The normalized spacial score (nSPS) is 23.2. The van der Waals surface area contributed by atoms with Crippen LogP contribution in [0.5, 0.6) is 0 Å². The van der Waals surface area contributed by atoms with Gasteiger partial charge in [0.1, 0.15) is 5.69 Å². The van der Waals surface area contributed by atoms with Crippen LogP contribution in [0, 0.1) is 5.92 Å². The second-order valence-corrected chi connectivity index (χ2v) is 4.73. The molecule has 6 nitrogen and oxygen atoms in total. The maximum atomic E-state index is 12.0. The van der Waals surface area contributed by atoms with E-state index < -0.39 is 0 Å². The van der Waals surface area contributed by atoms with E-state index in [1.165, 1.54) is 6.20 Å². The highest BCUT2D eigenvalue weighted by Crippen LogP contribution is 2.24. The van der Waals surface area contributed by atoms with E-state index in [2.05, 4.69) is 10.4 Å². The van der Waals surface area contributed by atoms with Crippen molar-refractivity contribution in [1.82, 2.24) is 15.1 Å². The van der Waals surface area contributed by atoms with Gasteiger partial charge in [0.2, 0.25) is 0 Å². The minimum absolute atomic E-state index is 0.160. The van der Waals surface area contributed by atoms with Crippen LogP contribution < -0.4 is 11.1 Å². The Morgan fingerprint density at radius 3 is 3.06 bits per heavy atom. The minimum Gasteiger partial charge on any atom is -0.396 e. The molecule has 0 spiro atoms. The van der Waals surface area contributed by atoms with E-state index in [0.29, 0.717) is 24.5 Å². The van der Waals surface area contributed by atoms with Crippen molar-refractivity contribution in [2.45, 2.75) is 38.8 Å². The fourth-order valence-electron chi connectivity index (χ4n) is 2.45. The highest BCUT2D eigenvalue weighted by atomic mass is 16.3. The maximum Gasteiger partial charge on any atom is 0.271 e.